The maximum atomic E-state index is 12.6. The number of carbonyl (C=O) groups is 1. The SMILES string of the molecule is Cc1ccc(-c2nc(C)c(C(=O)NCc3csc(C(C)C)n3)s2)c(C)c1. The monoisotopic (exact) mass is 385 g/mol. The molecule has 2 aromatic heterocycles. The van der Waals surface area contributed by atoms with Crippen molar-refractivity contribution in [2.75, 3.05) is 0 Å². The summed E-state index contributed by atoms with van der Waals surface area (Å²) in [6.45, 7) is 10.7. The summed E-state index contributed by atoms with van der Waals surface area (Å²) in [6.07, 6.45) is 0. The fourth-order valence-electron chi connectivity index (χ4n) is 2.70. The number of thiazole rings is 2. The number of hydrogen-bond donors (Lipinski definition) is 1. The second-order valence-corrected chi connectivity index (χ2v) is 8.66. The van der Waals surface area contributed by atoms with Crippen LogP contribution in [-0.4, -0.2) is 15.9 Å². The van der Waals surface area contributed by atoms with E-state index in [-0.39, 0.29) is 5.91 Å². The van der Waals surface area contributed by atoms with E-state index in [1.807, 2.05) is 12.3 Å². The molecule has 0 bridgehead atoms. The Labute approximate surface area is 162 Å². The van der Waals surface area contributed by atoms with Gasteiger partial charge in [-0.2, -0.15) is 0 Å². The van der Waals surface area contributed by atoms with Gasteiger partial charge in [0.1, 0.15) is 9.88 Å². The number of nitrogens with zero attached hydrogens (tertiary/aromatic N) is 2. The van der Waals surface area contributed by atoms with Crippen LogP contribution < -0.4 is 5.32 Å². The van der Waals surface area contributed by atoms with Gasteiger partial charge in [0.15, 0.2) is 0 Å². The number of aromatic nitrogens is 2. The van der Waals surface area contributed by atoms with Gasteiger partial charge in [0.2, 0.25) is 0 Å². The topological polar surface area (TPSA) is 54.9 Å². The summed E-state index contributed by atoms with van der Waals surface area (Å²) in [4.78, 5) is 22.4. The molecule has 0 saturated carbocycles. The van der Waals surface area contributed by atoms with Gasteiger partial charge in [-0.15, -0.1) is 22.7 Å². The molecule has 0 unspecified atom stereocenters. The van der Waals surface area contributed by atoms with Crippen molar-refractivity contribution in [2.45, 2.75) is 47.1 Å². The van der Waals surface area contributed by atoms with Crippen LogP contribution in [0.2, 0.25) is 0 Å². The first kappa shape index (κ1) is 18.7. The summed E-state index contributed by atoms with van der Waals surface area (Å²) in [5.41, 5.74) is 5.16. The Morgan fingerprint density at radius 1 is 1.19 bits per heavy atom. The molecule has 4 nitrogen and oxygen atoms in total. The smallest absolute Gasteiger partial charge is 0.263 e. The average molecular weight is 386 g/mol. The van der Waals surface area contributed by atoms with Crippen molar-refractivity contribution in [3.63, 3.8) is 0 Å². The summed E-state index contributed by atoms with van der Waals surface area (Å²) in [5, 5.41) is 6.97. The molecule has 1 aromatic carbocycles. The van der Waals surface area contributed by atoms with E-state index in [0.717, 1.165) is 27.0 Å². The van der Waals surface area contributed by atoms with Crippen LogP contribution >= 0.6 is 22.7 Å². The van der Waals surface area contributed by atoms with Gasteiger partial charge in [0.25, 0.3) is 5.91 Å². The van der Waals surface area contributed by atoms with E-state index < -0.39 is 0 Å². The minimum atomic E-state index is -0.0879. The highest BCUT2D eigenvalue weighted by molar-refractivity contribution is 7.17. The van der Waals surface area contributed by atoms with Crippen molar-refractivity contribution in [1.82, 2.24) is 15.3 Å². The molecule has 0 spiro atoms. The van der Waals surface area contributed by atoms with Crippen molar-refractivity contribution >= 4 is 28.6 Å². The van der Waals surface area contributed by atoms with E-state index in [1.165, 1.54) is 22.5 Å². The molecule has 0 aliphatic rings. The maximum absolute atomic E-state index is 12.6. The lowest BCUT2D eigenvalue weighted by Crippen LogP contribution is -2.22. The molecule has 0 atom stereocenters. The predicted molar refractivity (Wildman–Crippen MR) is 109 cm³/mol. The molecule has 136 valence electrons. The number of hydrogen-bond acceptors (Lipinski definition) is 5. The van der Waals surface area contributed by atoms with Crippen molar-refractivity contribution in [1.29, 1.82) is 0 Å². The Bertz CT molecular complexity index is 940. The number of rotatable bonds is 5. The largest absolute Gasteiger partial charge is 0.346 e. The highest BCUT2D eigenvalue weighted by Crippen LogP contribution is 2.30. The molecule has 2 heterocycles. The number of aryl methyl sites for hydroxylation is 3. The molecule has 1 amide bonds. The van der Waals surface area contributed by atoms with Crippen molar-refractivity contribution in [3.8, 4) is 10.6 Å². The molecular formula is C20H23N3OS2. The van der Waals surface area contributed by atoms with E-state index in [4.69, 9.17) is 0 Å². The predicted octanol–water partition coefficient (Wildman–Crippen LogP) is 5.25. The van der Waals surface area contributed by atoms with Gasteiger partial charge in [0, 0.05) is 16.9 Å². The molecule has 1 N–H and O–H groups in total. The van der Waals surface area contributed by atoms with E-state index >= 15 is 0 Å². The van der Waals surface area contributed by atoms with Gasteiger partial charge in [-0.1, -0.05) is 37.6 Å². The normalized spacial score (nSPS) is 11.2. The minimum Gasteiger partial charge on any atom is -0.346 e. The van der Waals surface area contributed by atoms with Crippen LogP contribution in [-0.2, 0) is 6.54 Å². The summed E-state index contributed by atoms with van der Waals surface area (Å²) in [5.74, 6) is 0.323. The molecule has 0 aliphatic carbocycles. The molecule has 6 heteroatoms. The van der Waals surface area contributed by atoms with Crippen LogP contribution in [0.25, 0.3) is 10.6 Å². The van der Waals surface area contributed by atoms with Crippen molar-refractivity contribution < 1.29 is 4.79 Å². The third-order valence-corrected chi connectivity index (χ3v) is 6.49. The third kappa shape index (κ3) is 4.02. The van der Waals surface area contributed by atoms with Crippen molar-refractivity contribution in [3.05, 3.63) is 56.0 Å². The zero-order valence-electron chi connectivity index (χ0n) is 15.7. The molecule has 0 saturated heterocycles. The highest BCUT2D eigenvalue weighted by Gasteiger charge is 2.17. The average Bonchev–Trinajstić information content (AvgIpc) is 3.19. The number of nitrogens with one attached hydrogen (secondary N) is 1. The standard InChI is InChI=1S/C20H23N3OS2/c1-11(2)19-23-15(10-25-19)9-21-18(24)17-14(5)22-20(26-17)16-7-6-12(3)8-13(16)4/h6-8,10-11H,9H2,1-5H3,(H,21,24). The Morgan fingerprint density at radius 2 is 1.96 bits per heavy atom. The molecule has 0 fully saturated rings. The first-order valence-corrected chi connectivity index (χ1v) is 10.3. The second-order valence-electron chi connectivity index (χ2n) is 6.77. The summed E-state index contributed by atoms with van der Waals surface area (Å²) in [7, 11) is 0. The fourth-order valence-corrected chi connectivity index (χ4v) is 4.60. The van der Waals surface area contributed by atoms with Crippen molar-refractivity contribution in [2.24, 2.45) is 0 Å². The van der Waals surface area contributed by atoms with Crippen LogP contribution in [0.5, 0.6) is 0 Å². The van der Waals surface area contributed by atoms with Crippen LogP contribution in [0.1, 0.15) is 57.0 Å². The third-order valence-electron chi connectivity index (χ3n) is 4.11. The zero-order chi connectivity index (χ0) is 18.8. The maximum Gasteiger partial charge on any atom is 0.263 e. The Hall–Kier alpha value is -2.05. The number of benzene rings is 1. The molecule has 3 rings (SSSR count). The van der Waals surface area contributed by atoms with E-state index in [9.17, 15) is 4.79 Å². The lowest BCUT2D eigenvalue weighted by atomic mass is 10.1. The molecule has 3 aromatic rings. The lowest BCUT2D eigenvalue weighted by Gasteiger charge is -2.03. The fraction of sp³-hybridized carbons (Fsp3) is 0.350. The number of amides is 1. The summed E-state index contributed by atoms with van der Waals surface area (Å²) >= 11 is 3.09. The first-order chi connectivity index (χ1) is 12.3. The number of carbonyl (C=O) groups excluding carboxylic acids is 1. The van der Waals surface area contributed by atoms with Gasteiger partial charge >= 0.3 is 0 Å². The Morgan fingerprint density at radius 3 is 2.62 bits per heavy atom. The van der Waals surface area contributed by atoms with Crippen LogP contribution in [0.4, 0.5) is 0 Å². The molecular weight excluding hydrogens is 362 g/mol. The lowest BCUT2D eigenvalue weighted by molar-refractivity contribution is 0.0953. The van der Waals surface area contributed by atoms with Gasteiger partial charge in [0.05, 0.1) is 22.9 Å². The van der Waals surface area contributed by atoms with E-state index in [1.54, 1.807) is 11.3 Å². The molecule has 0 aliphatic heterocycles. The Kier molecular flexibility index (Phi) is 5.53. The molecule has 26 heavy (non-hydrogen) atoms. The van der Waals surface area contributed by atoms with Crippen LogP contribution in [0.3, 0.4) is 0 Å². The second kappa shape index (κ2) is 7.68. The zero-order valence-corrected chi connectivity index (χ0v) is 17.3. The van der Waals surface area contributed by atoms with Gasteiger partial charge in [-0.3, -0.25) is 4.79 Å². The minimum absolute atomic E-state index is 0.0879. The van der Waals surface area contributed by atoms with Crippen LogP contribution in [0.15, 0.2) is 23.6 Å². The van der Waals surface area contributed by atoms with Crippen LogP contribution in [0, 0.1) is 20.8 Å². The van der Waals surface area contributed by atoms with E-state index in [0.29, 0.717) is 17.3 Å². The summed E-state index contributed by atoms with van der Waals surface area (Å²) < 4.78 is 0. The Balaban J connectivity index is 1.74. The highest BCUT2D eigenvalue weighted by atomic mass is 32.1. The molecule has 0 radical (unpaired) electrons. The van der Waals surface area contributed by atoms with E-state index in [2.05, 4.69) is 61.2 Å². The summed E-state index contributed by atoms with van der Waals surface area (Å²) in [6, 6.07) is 6.29. The quantitative estimate of drug-likeness (QED) is 0.653. The van der Waals surface area contributed by atoms with Gasteiger partial charge < -0.3 is 5.32 Å². The van der Waals surface area contributed by atoms with Gasteiger partial charge in [-0.05, 0) is 26.3 Å². The van der Waals surface area contributed by atoms with Gasteiger partial charge in [-0.25, -0.2) is 9.97 Å². The first-order valence-electron chi connectivity index (χ1n) is 8.62.